The minimum absolute atomic E-state index is 0.921. The quantitative estimate of drug-likeness (QED) is 0.852. The highest BCUT2D eigenvalue weighted by Gasteiger charge is 2.17. The van der Waals surface area contributed by atoms with Crippen LogP contribution < -0.4 is 9.64 Å². The zero-order valence-corrected chi connectivity index (χ0v) is 13.9. The Labute approximate surface area is 138 Å². The van der Waals surface area contributed by atoms with E-state index in [1.54, 1.807) is 7.11 Å². The summed E-state index contributed by atoms with van der Waals surface area (Å²) in [5.41, 5.74) is 3.84. The van der Waals surface area contributed by atoms with E-state index in [2.05, 4.69) is 71.3 Å². The lowest BCUT2D eigenvalue weighted by Gasteiger charge is -2.38. The van der Waals surface area contributed by atoms with Gasteiger partial charge in [0.05, 0.1) is 7.11 Å². The topological polar surface area (TPSA) is 15.7 Å². The zero-order chi connectivity index (χ0) is 16.1. The fourth-order valence-electron chi connectivity index (χ4n) is 3.01. The van der Waals surface area contributed by atoms with Crippen LogP contribution >= 0.6 is 0 Å². The maximum Gasteiger partial charge on any atom is 0.120 e. The number of anilines is 1. The van der Waals surface area contributed by atoms with Crippen molar-refractivity contribution in [2.45, 2.75) is 6.92 Å². The van der Waals surface area contributed by atoms with Crippen LogP contribution in [0.3, 0.4) is 0 Å². The van der Waals surface area contributed by atoms with Gasteiger partial charge in [0.2, 0.25) is 0 Å². The first-order valence-corrected chi connectivity index (χ1v) is 8.13. The van der Waals surface area contributed by atoms with Crippen LogP contribution in [0.1, 0.15) is 12.5 Å². The number of allylic oxidation sites excluding steroid dienone is 1. The Morgan fingerprint density at radius 2 is 1.70 bits per heavy atom. The lowest BCUT2D eigenvalue weighted by Crippen LogP contribution is -2.45. The standard InChI is InChI=1S/C20H24N2O/c1-17(15-18-7-4-3-5-8-18)21-11-13-22(14-12-21)19-9-6-10-20(16-19)23-2/h3-10,15-16H,11-14H2,1-2H3. The van der Waals surface area contributed by atoms with E-state index in [1.165, 1.54) is 16.9 Å². The van der Waals surface area contributed by atoms with Crippen LogP contribution in [0.15, 0.2) is 60.3 Å². The normalized spacial score (nSPS) is 15.7. The Morgan fingerprint density at radius 3 is 2.39 bits per heavy atom. The maximum atomic E-state index is 5.33. The number of hydrogen-bond acceptors (Lipinski definition) is 3. The Kier molecular flexibility index (Phi) is 4.86. The molecule has 120 valence electrons. The molecule has 23 heavy (non-hydrogen) atoms. The van der Waals surface area contributed by atoms with Crippen LogP contribution in [-0.4, -0.2) is 38.2 Å². The van der Waals surface area contributed by atoms with Gasteiger partial charge in [0.1, 0.15) is 5.75 Å². The molecule has 1 aliphatic heterocycles. The molecule has 1 fully saturated rings. The predicted molar refractivity (Wildman–Crippen MR) is 96.9 cm³/mol. The second-order valence-corrected chi connectivity index (χ2v) is 5.87. The molecule has 0 bridgehead atoms. The summed E-state index contributed by atoms with van der Waals surface area (Å²) in [6.45, 7) is 6.37. The number of piperazine rings is 1. The smallest absolute Gasteiger partial charge is 0.120 e. The van der Waals surface area contributed by atoms with Gasteiger partial charge in [-0.1, -0.05) is 36.4 Å². The van der Waals surface area contributed by atoms with Gasteiger partial charge in [0, 0.05) is 43.6 Å². The Bertz CT molecular complexity index is 658. The summed E-state index contributed by atoms with van der Waals surface area (Å²) in [5.74, 6) is 0.921. The van der Waals surface area contributed by atoms with E-state index in [4.69, 9.17) is 4.74 Å². The molecule has 0 aliphatic carbocycles. The summed E-state index contributed by atoms with van der Waals surface area (Å²) in [5, 5.41) is 0. The molecular formula is C20H24N2O. The van der Waals surface area contributed by atoms with Crippen molar-refractivity contribution in [2.75, 3.05) is 38.2 Å². The number of ether oxygens (including phenoxy) is 1. The van der Waals surface area contributed by atoms with Crippen LogP contribution in [0.2, 0.25) is 0 Å². The first-order valence-electron chi connectivity index (χ1n) is 8.13. The highest BCUT2D eigenvalue weighted by molar-refractivity contribution is 5.53. The third kappa shape index (κ3) is 3.86. The summed E-state index contributed by atoms with van der Waals surface area (Å²) in [4.78, 5) is 4.89. The minimum Gasteiger partial charge on any atom is -0.497 e. The highest BCUT2D eigenvalue weighted by Crippen LogP contribution is 2.23. The lowest BCUT2D eigenvalue weighted by atomic mass is 10.1. The minimum atomic E-state index is 0.921. The van der Waals surface area contributed by atoms with Crippen molar-refractivity contribution in [3.05, 3.63) is 65.9 Å². The van der Waals surface area contributed by atoms with Crippen LogP contribution in [0.4, 0.5) is 5.69 Å². The van der Waals surface area contributed by atoms with Crippen molar-refractivity contribution in [3.63, 3.8) is 0 Å². The number of benzene rings is 2. The van der Waals surface area contributed by atoms with Crippen molar-refractivity contribution >= 4 is 11.8 Å². The summed E-state index contributed by atoms with van der Waals surface area (Å²) in [6.07, 6.45) is 2.27. The van der Waals surface area contributed by atoms with E-state index in [0.29, 0.717) is 0 Å². The van der Waals surface area contributed by atoms with Gasteiger partial charge >= 0.3 is 0 Å². The third-order valence-electron chi connectivity index (χ3n) is 4.37. The fraction of sp³-hybridized carbons (Fsp3) is 0.300. The molecule has 1 saturated heterocycles. The largest absolute Gasteiger partial charge is 0.497 e. The summed E-state index contributed by atoms with van der Waals surface area (Å²) >= 11 is 0. The van der Waals surface area contributed by atoms with Gasteiger partial charge in [-0.2, -0.15) is 0 Å². The summed E-state index contributed by atoms with van der Waals surface area (Å²) in [6, 6.07) is 18.8. The van der Waals surface area contributed by atoms with Gasteiger partial charge in [-0.25, -0.2) is 0 Å². The molecule has 0 unspecified atom stereocenters. The summed E-state index contributed by atoms with van der Waals surface area (Å²) < 4.78 is 5.33. The second kappa shape index (κ2) is 7.23. The van der Waals surface area contributed by atoms with Crippen molar-refractivity contribution in [1.82, 2.24) is 4.90 Å². The summed E-state index contributed by atoms with van der Waals surface area (Å²) in [7, 11) is 1.72. The Morgan fingerprint density at radius 1 is 0.957 bits per heavy atom. The first kappa shape index (κ1) is 15.5. The van der Waals surface area contributed by atoms with Crippen molar-refractivity contribution < 1.29 is 4.74 Å². The Balaban J connectivity index is 1.63. The van der Waals surface area contributed by atoms with Crippen LogP contribution in [-0.2, 0) is 0 Å². The van der Waals surface area contributed by atoms with E-state index >= 15 is 0 Å². The molecule has 0 saturated carbocycles. The van der Waals surface area contributed by atoms with E-state index in [1.807, 2.05) is 6.07 Å². The van der Waals surface area contributed by atoms with Crippen LogP contribution in [0, 0.1) is 0 Å². The van der Waals surface area contributed by atoms with Gasteiger partial charge in [0.15, 0.2) is 0 Å². The van der Waals surface area contributed by atoms with E-state index in [-0.39, 0.29) is 0 Å². The molecule has 0 atom stereocenters. The van der Waals surface area contributed by atoms with E-state index < -0.39 is 0 Å². The Hall–Kier alpha value is -2.42. The molecule has 3 rings (SSSR count). The van der Waals surface area contributed by atoms with Gasteiger partial charge in [0.25, 0.3) is 0 Å². The molecule has 0 aromatic heterocycles. The van der Waals surface area contributed by atoms with Crippen molar-refractivity contribution in [3.8, 4) is 5.75 Å². The van der Waals surface area contributed by atoms with Gasteiger partial charge in [-0.15, -0.1) is 0 Å². The van der Waals surface area contributed by atoms with Crippen molar-refractivity contribution in [1.29, 1.82) is 0 Å². The molecular weight excluding hydrogens is 284 g/mol. The van der Waals surface area contributed by atoms with Crippen molar-refractivity contribution in [2.24, 2.45) is 0 Å². The van der Waals surface area contributed by atoms with E-state index in [0.717, 1.165) is 31.9 Å². The number of rotatable bonds is 4. The van der Waals surface area contributed by atoms with Crippen LogP contribution in [0.25, 0.3) is 6.08 Å². The zero-order valence-electron chi connectivity index (χ0n) is 13.9. The molecule has 1 heterocycles. The molecule has 0 N–H and O–H groups in total. The SMILES string of the molecule is COc1cccc(N2CCN(C(C)=Cc3ccccc3)CC2)c1. The number of nitrogens with zero attached hydrogens (tertiary/aromatic N) is 2. The third-order valence-corrected chi connectivity index (χ3v) is 4.37. The van der Waals surface area contributed by atoms with E-state index in [9.17, 15) is 0 Å². The average molecular weight is 308 g/mol. The number of methoxy groups -OCH3 is 1. The number of hydrogen-bond donors (Lipinski definition) is 0. The molecule has 0 amide bonds. The molecule has 0 radical (unpaired) electrons. The molecule has 0 spiro atoms. The first-order chi connectivity index (χ1) is 11.3. The van der Waals surface area contributed by atoms with Gasteiger partial charge < -0.3 is 14.5 Å². The van der Waals surface area contributed by atoms with Gasteiger partial charge in [-0.3, -0.25) is 0 Å². The maximum absolute atomic E-state index is 5.33. The highest BCUT2D eigenvalue weighted by atomic mass is 16.5. The monoisotopic (exact) mass is 308 g/mol. The molecule has 2 aromatic carbocycles. The molecule has 3 nitrogen and oxygen atoms in total. The molecule has 3 heteroatoms. The fourth-order valence-corrected chi connectivity index (χ4v) is 3.01. The predicted octanol–water partition coefficient (Wildman–Crippen LogP) is 3.88. The molecule has 2 aromatic rings. The molecule has 1 aliphatic rings. The second-order valence-electron chi connectivity index (χ2n) is 5.87. The van der Waals surface area contributed by atoms with Gasteiger partial charge in [-0.05, 0) is 30.7 Å². The van der Waals surface area contributed by atoms with Crippen LogP contribution in [0.5, 0.6) is 5.75 Å². The average Bonchev–Trinajstić information content (AvgIpc) is 2.63. The lowest BCUT2D eigenvalue weighted by molar-refractivity contribution is 0.324.